The van der Waals surface area contributed by atoms with E-state index < -0.39 is 0 Å². The maximum atomic E-state index is 12.7. The normalized spacial score (nSPS) is 14.3. The first kappa shape index (κ1) is 19.9. The standard InChI is InChI=1S/C24H21N5O3/c30-23-20-14-21(28-22(20)26-15-27-23)17-6-7-25-19(13-17)5-4-16-2-1-3-18(12-16)24(31)29-8-10-32-11-9-29/h1-7,12-15H,8-11H2,(H2,26,27,28,30)/b5-4+. The largest absolute Gasteiger partial charge is 0.378 e. The van der Waals surface area contributed by atoms with Crippen LogP contribution in [-0.2, 0) is 4.74 Å². The van der Waals surface area contributed by atoms with Crippen LogP contribution >= 0.6 is 0 Å². The van der Waals surface area contributed by atoms with Crippen LogP contribution in [0.1, 0.15) is 21.6 Å². The van der Waals surface area contributed by atoms with Crippen molar-refractivity contribution >= 4 is 29.1 Å². The predicted molar refractivity (Wildman–Crippen MR) is 122 cm³/mol. The fraction of sp³-hybridized carbons (Fsp3) is 0.167. The summed E-state index contributed by atoms with van der Waals surface area (Å²) in [5.74, 6) is 0.0195. The number of nitrogens with one attached hydrogen (secondary N) is 2. The lowest BCUT2D eigenvalue weighted by Gasteiger charge is -2.26. The van der Waals surface area contributed by atoms with Crippen molar-refractivity contribution in [2.75, 3.05) is 26.3 Å². The first-order chi connectivity index (χ1) is 15.7. The molecule has 5 rings (SSSR count). The van der Waals surface area contributed by atoms with Crippen molar-refractivity contribution in [3.63, 3.8) is 0 Å². The molecule has 2 N–H and O–H groups in total. The second-order valence-electron chi connectivity index (χ2n) is 7.51. The third-order valence-electron chi connectivity index (χ3n) is 5.40. The van der Waals surface area contributed by atoms with Gasteiger partial charge in [-0.1, -0.05) is 18.2 Å². The minimum Gasteiger partial charge on any atom is -0.378 e. The Morgan fingerprint density at radius 3 is 2.78 bits per heavy atom. The molecule has 0 bridgehead atoms. The minimum absolute atomic E-state index is 0.0195. The molecule has 0 radical (unpaired) electrons. The number of carbonyl (C=O) groups is 1. The van der Waals surface area contributed by atoms with Crippen LogP contribution in [0.2, 0.25) is 0 Å². The molecule has 32 heavy (non-hydrogen) atoms. The molecule has 8 heteroatoms. The molecule has 0 unspecified atom stereocenters. The number of ether oxygens (including phenoxy) is 1. The Hall–Kier alpha value is -4.04. The average Bonchev–Trinajstić information content (AvgIpc) is 3.29. The van der Waals surface area contributed by atoms with E-state index in [0.717, 1.165) is 22.5 Å². The summed E-state index contributed by atoms with van der Waals surface area (Å²) in [6.07, 6.45) is 6.93. The van der Waals surface area contributed by atoms with Gasteiger partial charge in [0.2, 0.25) is 0 Å². The van der Waals surface area contributed by atoms with Gasteiger partial charge in [0.1, 0.15) is 5.65 Å². The molecular weight excluding hydrogens is 406 g/mol. The van der Waals surface area contributed by atoms with E-state index in [0.29, 0.717) is 42.9 Å². The van der Waals surface area contributed by atoms with Gasteiger partial charge in [0.25, 0.3) is 11.5 Å². The van der Waals surface area contributed by atoms with Crippen LogP contribution in [-0.4, -0.2) is 57.0 Å². The zero-order chi connectivity index (χ0) is 21.9. The highest BCUT2D eigenvalue weighted by Crippen LogP contribution is 2.22. The van der Waals surface area contributed by atoms with Crippen LogP contribution in [0.3, 0.4) is 0 Å². The zero-order valence-electron chi connectivity index (χ0n) is 17.2. The molecule has 0 aliphatic carbocycles. The fourth-order valence-corrected chi connectivity index (χ4v) is 3.72. The molecule has 0 atom stereocenters. The van der Waals surface area contributed by atoms with Crippen molar-refractivity contribution in [1.29, 1.82) is 0 Å². The van der Waals surface area contributed by atoms with E-state index >= 15 is 0 Å². The van der Waals surface area contributed by atoms with Crippen molar-refractivity contribution in [1.82, 2.24) is 24.8 Å². The van der Waals surface area contributed by atoms with Crippen LogP contribution in [0.15, 0.2) is 59.8 Å². The van der Waals surface area contributed by atoms with Crippen molar-refractivity contribution in [2.45, 2.75) is 0 Å². The van der Waals surface area contributed by atoms with Crippen molar-refractivity contribution in [3.05, 3.63) is 82.2 Å². The van der Waals surface area contributed by atoms with E-state index in [1.165, 1.54) is 6.33 Å². The number of rotatable bonds is 4. The quantitative estimate of drug-likeness (QED) is 0.521. The van der Waals surface area contributed by atoms with Gasteiger partial charge in [-0.15, -0.1) is 0 Å². The zero-order valence-corrected chi connectivity index (χ0v) is 17.2. The maximum Gasteiger partial charge on any atom is 0.260 e. The molecule has 1 saturated heterocycles. The number of H-pyrrole nitrogens is 2. The fourth-order valence-electron chi connectivity index (χ4n) is 3.72. The monoisotopic (exact) mass is 427 g/mol. The molecule has 0 saturated carbocycles. The summed E-state index contributed by atoms with van der Waals surface area (Å²) in [7, 11) is 0. The number of hydrogen-bond acceptors (Lipinski definition) is 5. The highest BCUT2D eigenvalue weighted by Gasteiger charge is 2.18. The number of amides is 1. The van der Waals surface area contributed by atoms with Crippen molar-refractivity contribution in [3.8, 4) is 11.3 Å². The first-order valence-electron chi connectivity index (χ1n) is 10.4. The summed E-state index contributed by atoms with van der Waals surface area (Å²) in [5, 5.41) is 0.512. The minimum atomic E-state index is -0.182. The van der Waals surface area contributed by atoms with E-state index in [2.05, 4.69) is 19.9 Å². The van der Waals surface area contributed by atoms with Crippen LogP contribution in [0.25, 0.3) is 34.4 Å². The smallest absolute Gasteiger partial charge is 0.260 e. The topological polar surface area (TPSA) is 104 Å². The SMILES string of the molecule is O=C(c1cccc(/C=C/c2cc(-c3cc4c(=O)[nH]cnc4[nH]3)ccn2)c1)N1CCOCC1. The lowest BCUT2D eigenvalue weighted by Crippen LogP contribution is -2.40. The lowest BCUT2D eigenvalue weighted by molar-refractivity contribution is 0.0303. The van der Waals surface area contributed by atoms with Gasteiger partial charge < -0.3 is 19.6 Å². The second-order valence-corrected chi connectivity index (χ2v) is 7.51. The molecule has 160 valence electrons. The van der Waals surface area contributed by atoms with Crippen molar-refractivity contribution in [2.24, 2.45) is 0 Å². The first-order valence-corrected chi connectivity index (χ1v) is 10.4. The Morgan fingerprint density at radius 2 is 1.94 bits per heavy atom. The summed E-state index contributed by atoms with van der Waals surface area (Å²) in [6.45, 7) is 2.39. The summed E-state index contributed by atoms with van der Waals surface area (Å²) < 4.78 is 5.33. The van der Waals surface area contributed by atoms with Gasteiger partial charge in [-0.25, -0.2) is 4.98 Å². The third-order valence-corrected chi connectivity index (χ3v) is 5.40. The van der Waals surface area contributed by atoms with Gasteiger partial charge in [0.15, 0.2) is 0 Å². The molecule has 8 nitrogen and oxygen atoms in total. The number of carbonyl (C=O) groups excluding carboxylic acids is 1. The van der Waals surface area contributed by atoms with Gasteiger partial charge in [-0.2, -0.15) is 0 Å². The van der Waals surface area contributed by atoms with Crippen LogP contribution in [0, 0.1) is 0 Å². The molecule has 1 amide bonds. The average molecular weight is 427 g/mol. The summed E-state index contributed by atoms with van der Waals surface area (Å²) >= 11 is 0. The van der Waals surface area contributed by atoms with E-state index in [-0.39, 0.29) is 11.5 Å². The van der Waals surface area contributed by atoms with E-state index in [1.807, 2.05) is 53.5 Å². The van der Waals surface area contributed by atoms with Gasteiger partial charge in [-0.3, -0.25) is 14.6 Å². The Labute approximate surface area is 183 Å². The second kappa shape index (κ2) is 8.60. The number of nitrogens with zero attached hydrogens (tertiary/aromatic N) is 3. The van der Waals surface area contributed by atoms with Crippen molar-refractivity contribution < 1.29 is 9.53 Å². The Bertz CT molecular complexity index is 1370. The number of morpholine rings is 1. The summed E-state index contributed by atoms with van der Waals surface area (Å²) in [4.78, 5) is 40.8. The number of pyridine rings is 1. The molecule has 1 aromatic carbocycles. The molecule has 1 aliphatic heterocycles. The molecule has 4 heterocycles. The Balaban J connectivity index is 1.37. The van der Waals surface area contributed by atoms with E-state index in [4.69, 9.17) is 4.74 Å². The molecule has 3 aromatic heterocycles. The molecular formula is C24H21N5O3. The highest BCUT2D eigenvalue weighted by molar-refractivity contribution is 5.95. The Kier molecular flexibility index (Phi) is 5.35. The highest BCUT2D eigenvalue weighted by atomic mass is 16.5. The number of fused-ring (bicyclic) bond motifs is 1. The summed E-state index contributed by atoms with van der Waals surface area (Å²) in [5.41, 5.74) is 4.38. The van der Waals surface area contributed by atoms with Gasteiger partial charge in [-0.05, 0) is 42.0 Å². The van der Waals surface area contributed by atoms with Gasteiger partial charge in [0.05, 0.1) is 30.6 Å². The van der Waals surface area contributed by atoms with E-state index in [1.54, 1.807) is 12.3 Å². The van der Waals surface area contributed by atoms with Gasteiger partial charge in [0, 0.05) is 36.1 Å². The number of aromatic amines is 2. The molecule has 4 aromatic rings. The maximum absolute atomic E-state index is 12.7. The summed E-state index contributed by atoms with van der Waals surface area (Å²) in [6, 6.07) is 13.1. The van der Waals surface area contributed by atoms with E-state index in [9.17, 15) is 9.59 Å². The van der Waals surface area contributed by atoms with Crippen LogP contribution < -0.4 is 5.56 Å². The number of benzene rings is 1. The molecule has 1 aliphatic rings. The van der Waals surface area contributed by atoms with Gasteiger partial charge >= 0.3 is 0 Å². The third kappa shape index (κ3) is 4.08. The molecule has 1 fully saturated rings. The molecule has 0 spiro atoms. The number of hydrogen-bond donors (Lipinski definition) is 2. The Morgan fingerprint density at radius 1 is 1.06 bits per heavy atom. The lowest BCUT2D eigenvalue weighted by atomic mass is 10.1. The predicted octanol–water partition coefficient (Wildman–Crippen LogP) is 2.96. The van der Waals surface area contributed by atoms with Crippen LogP contribution in [0.5, 0.6) is 0 Å². The number of aromatic nitrogens is 4. The van der Waals surface area contributed by atoms with Crippen LogP contribution in [0.4, 0.5) is 0 Å².